The highest BCUT2D eigenvalue weighted by Gasteiger charge is 2.29. The van der Waals surface area contributed by atoms with Crippen LogP contribution >= 0.6 is 0 Å². The summed E-state index contributed by atoms with van der Waals surface area (Å²) in [6.07, 6.45) is -0.822. The number of rotatable bonds is 0. The van der Waals surface area contributed by atoms with Gasteiger partial charge in [-0.2, -0.15) is 13.2 Å². The molecule has 1 saturated carbocycles. The molecule has 15 heavy (non-hydrogen) atoms. The molecule has 1 aliphatic rings. The molecule has 0 radical (unpaired) electrons. The van der Waals surface area contributed by atoms with Crippen molar-refractivity contribution in [2.45, 2.75) is 31.5 Å². The maximum atomic E-state index is 11.8. The number of benzene rings is 1. The third-order valence-corrected chi connectivity index (χ3v) is 2.18. The molecule has 1 nitrogen and oxygen atoms in total. The largest absolute Gasteiger partial charge is 0.416 e. The highest BCUT2D eigenvalue weighted by molar-refractivity contribution is 5.17. The number of aliphatic hydroxyl groups is 1. The van der Waals surface area contributed by atoms with Crippen molar-refractivity contribution in [3.8, 4) is 0 Å². The zero-order chi connectivity index (χ0) is 11.3. The summed E-state index contributed by atoms with van der Waals surface area (Å²) in [5.41, 5.74) is -0.602. The summed E-state index contributed by atoms with van der Waals surface area (Å²) in [5, 5.41) is 8.45. The smallest absolute Gasteiger partial charge is 0.393 e. The topological polar surface area (TPSA) is 20.2 Å². The molecule has 1 aliphatic carbocycles. The van der Waals surface area contributed by atoms with Crippen molar-refractivity contribution >= 4 is 0 Å². The molecule has 4 heteroatoms. The van der Waals surface area contributed by atoms with Crippen LogP contribution < -0.4 is 0 Å². The van der Waals surface area contributed by atoms with E-state index >= 15 is 0 Å². The molecule has 1 fully saturated rings. The van der Waals surface area contributed by atoms with Crippen LogP contribution in [0.25, 0.3) is 0 Å². The highest BCUT2D eigenvalue weighted by Crippen LogP contribution is 2.28. The molecule has 0 aliphatic heterocycles. The summed E-state index contributed by atoms with van der Waals surface area (Å²) in [4.78, 5) is 0. The molecule has 0 saturated heterocycles. The average Bonchev–Trinajstić information content (AvgIpc) is 2.16. The normalized spacial score (nSPS) is 16.3. The van der Waals surface area contributed by atoms with Crippen LogP contribution in [0.5, 0.6) is 0 Å². The van der Waals surface area contributed by atoms with Gasteiger partial charge < -0.3 is 5.11 Å². The number of aliphatic hydroxyl groups excluding tert-OH is 1. The zero-order valence-electron chi connectivity index (χ0n) is 8.17. The Morgan fingerprint density at radius 2 is 1.53 bits per heavy atom. The number of hydrogen-bond donors (Lipinski definition) is 1. The van der Waals surface area contributed by atoms with E-state index in [-0.39, 0.29) is 6.10 Å². The fourth-order valence-corrected chi connectivity index (χ4v) is 1.01. The molecule has 0 bridgehead atoms. The summed E-state index contributed by atoms with van der Waals surface area (Å²) in [7, 11) is 0. The van der Waals surface area contributed by atoms with Crippen LogP contribution in [0.2, 0.25) is 0 Å². The number of hydrogen-bond acceptors (Lipinski definition) is 1. The van der Waals surface area contributed by atoms with E-state index in [9.17, 15) is 13.2 Å². The van der Waals surface area contributed by atoms with Crippen LogP contribution in [-0.2, 0) is 6.18 Å². The van der Waals surface area contributed by atoms with Gasteiger partial charge in [-0.05, 0) is 19.3 Å². The molecular weight excluding hydrogens is 205 g/mol. The lowest BCUT2D eigenvalue weighted by Gasteiger charge is -2.17. The first kappa shape index (κ1) is 12.0. The van der Waals surface area contributed by atoms with Crippen molar-refractivity contribution in [3.05, 3.63) is 35.9 Å². The van der Waals surface area contributed by atoms with Gasteiger partial charge in [0.1, 0.15) is 0 Å². The van der Waals surface area contributed by atoms with Crippen molar-refractivity contribution in [1.29, 1.82) is 0 Å². The molecule has 1 aromatic rings. The van der Waals surface area contributed by atoms with Gasteiger partial charge in [-0.25, -0.2) is 0 Å². The van der Waals surface area contributed by atoms with Crippen molar-refractivity contribution in [2.24, 2.45) is 0 Å². The van der Waals surface area contributed by atoms with Gasteiger partial charge >= 0.3 is 6.18 Å². The second kappa shape index (κ2) is 5.16. The predicted molar refractivity (Wildman–Crippen MR) is 51.3 cm³/mol. The van der Waals surface area contributed by atoms with Gasteiger partial charge in [0.25, 0.3) is 0 Å². The van der Waals surface area contributed by atoms with Crippen LogP contribution in [0.15, 0.2) is 30.3 Å². The minimum Gasteiger partial charge on any atom is -0.393 e. The standard InChI is InChI=1S/C7H5F3.C4H8O/c8-7(9,10)6-4-2-1-3-5-6;5-4-2-1-3-4/h1-5H;4-5H,1-3H2. The Kier molecular flexibility index (Phi) is 4.15. The molecule has 2 rings (SSSR count). The second-order valence-corrected chi connectivity index (χ2v) is 3.45. The fraction of sp³-hybridized carbons (Fsp3) is 0.455. The van der Waals surface area contributed by atoms with E-state index in [0.717, 1.165) is 25.0 Å². The maximum absolute atomic E-state index is 11.8. The van der Waals surface area contributed by atoms with E-state index in [1.807, 2.05) is 0 Å². The van der Waals surface area contributed by atoms with E-state index < -0.39 is 11.7 Å². The van der Waals surface area contributed by atoms with E-state index in [0.29, 0.717) is 0 Å². The van der Waals surface area contributed by atoms with Gasteiger partial charge in [0, 0.05) is 0 Å². The summed E-state index contributed by atoms with van der Waals surface area (Å²) < 4.78 is 35.4. The monoisotopic (exact) mass is 218 g/mol. The first-order valence-corrected chi connectivity index (χ1v) is 4.80. The van der Waals surface area contributed by atoms with Crippen LogP contribution in [0.1, 0.15) is 24.8 Å². The van der Waals surface area contributed by atoms with Crippen LogP contribution in [-0.4, -0.2) is 11.2 Å². The Morgan fingerprint density at radius 1 is 1.07 bits per heavy atom. The molecule has 0 amide bonds. The molecule has 0 unspecified atom stereocenters. The Morgan fingerprint density at radius 3 is 1.73 bits per heavy atom. The lowest BCUT2D eigenvalue weighted by Crippen LogP contribution is -2.15. The minimum absolute atomic E-state index is 0.0648. The van der Waals surface area contributed by atoms with Gasteiger partial charge in [0.2, 0.25) is 0 Å². The van der Waals surface area contributed by atoms with E-state index in [1.54, 1.807) is 6.07 Å². The van der Waals surface area contributed by atoms with Crippen molar-refractivity contribution in [3.63, 3.8) is 0 Å². The highest BCUT2D eigenvalue weighted by atomic mass is 19.4. The molecule has 0 atom stereocenters. The predicted octanol–water partition coefficient (Wildman–Crippen LogP) is 3.24. The Hall–Kier alpha value is -1.03. The molecule has 84 valence electrons. The zero-order valence-corrected chi connectivity index (χ0v) is 8.17. The van der Waals surface area contributed by atoms with Crippen molar-refractivity contribution in [2.75, 3.05) is 0 Å². The van der Waals surface area contributed by atoms with Gasteiger partial charge in [-0.15, -0.1) is 0 Å². The quantitative estimate of drug-likeness (QED) is 0.708. The molecule has 0 heterocycles. The maximum Gasteiger partial charge on any atom is 0.416 e. The van der Waals surface area contributed by atoms with E-state index in [4.69, 9.17) is 5.11 Å². The Bertz CT molecular complexity index is 278. The van der Waals surface area contributed by atoms with E-state index in [2.05, 4.69) is 0 Å². The number of halogens is 3. The van der Waals surface area contributed by atoms with Gasteiger partial charge in [0.15, 0.2) is 0 Å². The third-order valence-electron chi connectivity index (χ3n) is 2.18. The fourth-order valence-electron chi connectivity index (χ4n) is 1.01. The first-order valence-electron chi connectivity index (χ1n) is 4.80. The van der Waals surface area contributed by atoms with Crippen LogP contribution in [0, 0.1) is 0 Å². The third kappa shape index (κ3) is 4.34. The SMILES string of the molecule is FC(F)(F)c1ccccc1.OC1CCC1. The van der Waals surface area contributed by atoms with Gasteiger partial charge in [-0.3, -0.25) is 0 Å². The summed E-state index contributed by atoms with van der Waals surface area (Å²) in [5.74, 6) is 0. The molecule has 1 N–H and O–H groups in total. The van der Waals surface area contributed by atoms with Crippen molar-refractivity contribution in [1.82, 2.24) is 0 Å². The van der Waals surface area contributed by atoms with Crippen LogP contribution in [0.3, 0.4) is 0 Å². The van der Waals surface area contributed by atoms with Crippen LogP contribution in [0.4, 0.5) is 13.2 Å². The molecule has 0 spiro atoms. The lowest BCUT2D eigenvalue weighted by molar-refractivity contribution is -0.137. The average molecular weight is 218 g/mol. The molecular formula is C11H13F3O. The molecule has 0 aromatic heterocycles. The summed E-state index contributed by atoms with van der Waals surface area (Å²) in [6, 6.07) is 6.36. The Balaban J connectivity index is 0.000000187. The Labute approximate surface area is 86.5 Å². The minimum atomic E-state index is -4.21. The van der Waals surface area contributed by atoms with Crippen molar-refractivity contribution < 1.29 is 18.3 Å². The van der Waals surface area contributed by atoms with Gasteiger partial charge in [-0.1, -0.05) is 30.3 Å². The number of alkyl halides is 3. The summed E-state index contributed by atoms with van der Waals surface area (Å²) >= 11 is 0. The lowest BCUT2D eigenvalue weighted by atomic mass is 9.97. The molecule has 1 aromatic carbocycles. The first-order chi connectivity index (χ1) is 7.00. The van der Waals surface area contributed by atoms with Gasteiger partial charge in [0.05, 0.1) is 11.7 Å². The second-order valence-electron chi connectivity index (χ2n) is 3.45. The summed E-state index contributed by atoms with van der Waals surface area (Å²) in [6.45, 7) is 0. The van der Waals surface area contributed by atoms with E-state index in [1.165, 1.54) is 18.6 Å².